The van der Waals surface area contributed by atoms with E-state index in [4.69, 9.17) is 0 Å². The number of unbranched alkanes of at least 4 members (excludes halogenated alkanes) is 4. The van der Waals surface area contributed by atoms with Gasteiger partial charge in [0.25, 0.3) is 5.92 Å². The molecule has 0 aliphatic heterocycles. The van der Waals surface area contributed by atoms with Crippen molar-refractivity contribution in [3.05, 3.63) is 59.4 Å². The number of hydrogen-bond donors (Lipinski definition) is 0. The molecule has 0 saturated heterocycles. The van der Waals surface area contributed by atoms with Crippen LogP contribution in [0.3, 0.4) is 0 Å². The Bertz CT molecular complexity index is 817. The molecule has 0 unspecified atom stereocenters. The Balaban J connectivity index is 1.60. The second kappa shape index (κ2) is 11.9. The third-order valence-electron chi connectivity index (χ3n) is 7.24. The number of rotatable bonds is 11. The lowest BCUT2D eigenvalue weighted by Crippen LogP contribution is -2.13. The standard InChI is InChI=1S/C29H39F3/c1-3-5-7-8-9-22-10-12-23(13-11-22)25-16-19-27(28(30)21-25)24-14-17-26(18-15-24)29(31,32)20-6-4-2/h14-19,21-23H,3-13,20H2,1-2H3. The van der Waals surface area contributed by atoms with Crippen LogP contribution in [0.5, 0.6) is 0 Å². The fourth-order valence-corrected chi connectivity index (χ4v) is 5.10. The minimum Gasteiger partial charge on any atom is -0.206 e. The molecule has 2 aromatic rings. The summed E-state index contributed by atoms with van der Waals surface area (Å²) in [6.45, 7) is 4.16. The van der Waals surface area contributed by atoms with E-state index in [1.165, 1.54) is 57.1 Å². The second-order valence-corrected chi connectivity index (χ2v) is 9.69. The fourth-order valence-electron chi connectivity index (χ4n) is 5.10. The maximum atomic E-state index is 15.0. The highest BCUT2D eigenvalue weighted by molar-refractivity contribution is 5.65. The lowest BCUT2D eigenvalue weighted by atomic mass is 9.77. The molecule has 32 heavy (non-hydrogen) atoms. The zero-order chi connectivity index (χ0) is 23.0. The van der Waals surface area contributed by atoms with Gasteiger partial charge in [-0.3, -0.25) is 0 Å². The average Bonchev–Trinajstić information content (AvgIpc) is 2.81. The van der Waals surface area contributed by atoms with Crippen LogP contribution >= 0.6 is 0 Å². The first-order chi connectivity index (χ1) is 15.4. The molecule has 0 heterocycles. The van der Waals surface area contributed by atoms with Gasteiger partial charge in [-0.1, -0.05) is 88.8 Å². The van der Waals surface area contributed by atoms with E-state index in [1.54, 1.807) is 18.2 Å². The monoisotopic (exact) mass is 444 g/mol. The van der Waals surface area contributed by atoms with Gasteiger partial charge in [0.15, 0.2) is 0 Å². The first-order valence-corrected chi connectivity index (χ1v) is 12.7. The number of hydrogen-bond acceptors (Lipinski definition) is 0. The van der Waals surface area contributed by atoms with E-state index < -0.39 is 5.92 Å². The Hall–Kier alpha value is -1.77. The molecule has 2 aromatic carbocycles. The highest BCUT2D eigenvalue weighted by Gasteiger charge is 2.30. The van der Waals surface area contributed by atoms with Gasteiger partial charge in [-0.25, -0.2) is 13.2 Å². The van der Waals surface area contributed by atoms with Crippen LogP contribution in [-0.4, -0.2) is 0 Å². The molecule has 0 N–H and O–H groups in total. The molecule has 0 spiro atoms. The average molecular weight is 445 g/mol. The SMILES string of the molecule is CCCCCCC1CCC(c2ccc(-c3ccc(C(F)(F)CCCC)cc3)c(F)c2)CC1. The molecule has 0 bridgehead atoms. The third-order valence-corrected chi connectivity index (χ3v) is 7.24. The van der Waals surface area contributed by atoms with Crippen molar-refractivity contribution < 1.29 is 13.2 Å². The van der Waals surface area contributed by atoms with Gasteiger partial charge in [-0.15, -0.1) is 0 Å². The van der Waals surface area contributed by atoms with Gasteiger partial charge < -0.3 is 0 Å². The van der Waals surface area contributed by atoms with Crippen LogP contribution in [0.25, 0.3) is 11.1 Å². The van der Waals surface area contributed by atoms with E-state index in [0.29, 0.717) is 23.5 Å². The van der Waals surface area contributed by atoms with Gasteiger partial charge in [0.1, 0.15) is 5.82 Å². The normalized spacial score (nSPS) is 19.3. The molecule has 3 rings (SSSR count). The Kier molecular flexibility index (Phi) is 9.25. The molecular weight excluding hydrogens is 405 g/mol. The summed E-state index contributed by atoms with van der Waals surface area (Å²) in [6, 6.07) is 11.7. The molecule has 0 nitrogen and oxygen atoms in total. The van der Waals surface area contributed by atoms with Crippen molar-refractivity contribution >= 4 is 0 Å². The fraction of sp³-hybridized carbons (Fsp3) is 0.586. The van der Waals surface area contributed by atoms with Gasteiger partial charge >= 0.3 is 0 Å². The largest absolute Gasteiger partial charge is 0.273 e. The van der Waals surface area contributed by atoms with Crippen molar-refractivity contribution in [2.24, 2.45) is 5.92 Å². The van der Waals surface area contributed by atoms with E-state index in [0.717, 1.165) is 30.7 Å². The van der Waals surface area contributed by atoms with Crippen LogP contribution in [-0.2, 0) is 5.92 Å². The summed E-state index contributed by atoms with van der Waals surface area (Å²) < 4.78 is 43.5. The molecule has 0 amide bonds. The third kappa shape index (κ3) is 6.62. The van der Waals surface area contributed by atoms with Gasteiger partial charge in [0, 0.05) is 17.5 Å². The van der Waals surface area contributed by atoms with Crippen molar-refractivity contribution in [1.82, 2.24) is 0 Å². The minimum atomic E-state index is -2.83. The summed E-state index contributed by atoms with van der Waals surface area (Å²) in [5.74, 6) is -1.81. The lowest BCUT2D eigenvalue weighted by Gasteiger charge is -2.29. The van der Waals surface area contributed by atoms with Crippen LogP contribution in [0.15, 0.2) is 42.5 Å². The molecule has 0 aromatic heterocycles. The summed E-state index contributed by atoms with van der Waals surface area (Å²) in [6.07, 6.45) is 12.5. The molecule has 3 heteroatoms. The Morgan fingerprint density at radius 3 is 2.12 bits per heavy atom. The Morgan fingerprint density at radius 2 is 1.50 bits per heavy atom. The molecule has 1 saturated carbocycles. The lowest BCUT2D eigenvalue weighted by molar-refractivity contribution is -0.0154. The summed E-state index contributed by atoms with van der Waals surface area (Å²) in [5, 5.41) is 0. The van der Waals surface area contributed by atoms with Crippen LogP contribution in [0.4, 0.5) is 13.2 Å². The molecule has 1 fully saturated rings. The van der Waals surface area contributed by atoms with Crippen molar-refractivity contribution in [2.45, 2.75) is 103 Å². The van der Waals surface area contributed by atoms with Gasteiger partial charge in [-0.2, -0.15) is 0 Å². The Morgan fingerprint density at radius 1 is 0.812 bits per heavy atom. The highest BCUT2D eigenvalue weighted by atomic mass is 19.3. The summed E-state index contributed by atoms with van der Waals surface area (Å²) in [4.78, 5) is 0. The first kappa shape index (κ1) is 24.9. The van der Waals surface area contributed by atoms with E-state index >= 15 is 0 Å². The predicted molar refractivity (Wildman–Crippen MR) is 129 cm³/mol. The topological polar surface area (TPSA) is 0 Å². The number of alkyl halides is 2. The van der Waals surface area contributed by atoms with E-state index in [2.05, 4.69) is 6.92 Å². The van der Waals surface area contributed by atoms with Crippen LogP contribution < -0.4 is 0 Å². The van der Waals surface area contributed by atoms with Crippen LogP contribution in [0.2, 0.25) is 0 Å². The van der Waals surface area contributed by atoms with E-state index in [1.807, 2.05) is 19.1 Å². The first-order valence-electron chi connectivity index (χ1n) is 12.7. The molecule has 0 atom stereocenters. The maximum absolute atomic E-state index is 15.0. The van der Waals surface area contributed by atoms with Crippen molar-refractivity contribution in [3.8, 4) is 11.1 Å². The van der Waals surface area contributed by atoms with Gasteiger partial charge in [-0.05, 0) is 61.1 Å². The quantitative estimate of drug-likeness (QED) is 0.302. The molecule has 1 aliphatic rings. The second-order valence-electron chi connectivity index (χ2n) is 9.69. The predicted octanol–water partition coefficient (Wildman–Crippen LogP) is 10.0. The summed E-state index contributed by atoms with van der Waals surface area (Å²) >= 11 is 0. The van der Waals surface area contributed by atoms with Crippen molar-refractivity contribution in [3.63, 3.8) is 0 Å². The molecular formula is C29H39F3. The zero-order valence-electron chi connectivity index (χ0n) is 19.8. The summed E-state index contributed by atoms with van der Waals surface area (Å²) in [7, 11) is 0. The van der Waals surface area contributed by atoms with Gasteiger partial charge in [0.2, 0.25) is 0 Å². The molecule has 0 radical (unpaired) electrons. The zero-order valence-corrected chi connectivity index (χ0v) is 19.8. The van der Waals surface area contributed by atoms with E-state index in [9.17, 15) is 13.2 Å². The van der Waals surface area contributed by atoms with Crippen LogP contribution in [0, 0.1) is 11.7 Å². The molecule has 1 aliphatic carbocycles. The van der Waals surface area contributed by atoms with E-state index in [-0.39, 0.29) is 17.8 Å². The van der Waals surface area contributed by atoms with Crippen LogP contribution in [0.1, 0.15) is 108 Å². The maximum Gasteiger partial charge on any atom is 0.273 e. The Labute approximate surface area is 192 Å². The highest BCUT2D eigenvalue weighted by Crippen LogP contribution is 2.39. The smallest absolute Gasteiger partial charge is 0.206 e. The summed E-state index contributed by atoms with van der Waals surface area (Å²) in [5.41, 5.74) is 2.23. The minimum absolute atomic E-state index is 0.0122. The van der Waals surface area contributed by atoms with Crippen molar-refractivity contribution in [2.75, 3.05) is 0 Å². The van der Waals surface area contributed by atoms with Crippen molar-refractivity contribution in [1.29, 1.82) is 0 Å². The molecule has 176 valence electrons. The van der Waals surface area contributed by atoms with Gasteiger partial charge in [0.05, 0.1) is 0 Å². The number of benzene rings is 2. The number of halogens is 3.